The lowest BCUT2D eigenvalue weighted by Gasteiger charge is -2.30. The van der Waals surface area contributed by atoms with E-state index in [0.29, 0.717) is 5.56 Å². The van der Waals surface area contributed by atoms with Crippen LogP contribution in [0.25, 0.3) is 0 Å². The predicted octanol–water partition coefficient (Wildman–Crippen LogP) is 2.51. The molecule has 0 saturated carbocycles. The summed E-state index contributed by atoms with van der Waals surface area (Å²) in [5.41, 5.74) is 9.09. The number of hydrogen-bond acceptors (Lipinski definition) is 2. The number of amides is 2. The molecular formula is C16H16ClF3N2O2. The second-order valence-electron chi connectivity index (χ2n) is 5.49. The van der Waals surface area contributed by atoms with Crippen molar-refractivity contribution < 1.29 is 22.8 Å². The molecule has 1 aliphatic rings. The van der Waals surface area contributed by atoms with Crippen LogP contribution in [0.2, 0.25) is 0 Å². The molecule has 2 amide bonds. The fraction of sp³-hybridized carbons (Fsp3) is 0.250. The molecule has 130 valence electrons. The van der Waals surface area contributed by atoms with Gasteiger partial charge in [-0.25, -0.2) is 0 Å². The van der Waals surface area contributed by atoms with E-state index in [1.807, 2.05) is 0 Å². The van der Waals surface area contributed by atoms with E-state index in [4.69, 9.17) is 11.5 Å². The van der Waals surface area contributed by atoms with E-state index < -0.39 is 29.0 Å². The van der Waals surface area contributed by atoms with Crippen molar-refractivity contribution in [1.29, 1.82) is 0 Å². The lowest BCUT2D eigenvalue weighted by atomic mass is 9.73. The third kappa shape index (κ3) is 4.17. The first-order valence-corrected chi connectivity index (χ1v) is 6.78. The Morgan fingerprint density at radius 1 is 1.21 bits per heavy atom. The van der Waals surface area contributed by atoms with Crippen LogP contribution in [0.3, 0.4) is 0 Å². The second-order valence-corrected chi connectivity index (χ2v) is 5.49. The van der Waals surface area contributed by atoms with Gasteiger partial charge in [-0.1, -0.05) is 36.4 Å². The van der Waals surface area contributed by atoms with E-state index >= 15 is 0 Å². The minimum Gasteiger partial charge on any atom is -0.369 e. The molecular weight excluding hydrogens is 345 g/mol. The lowest BCUT2D eigenvalue weighted by molar-refractivity contribution is -0.137. The van der Waals surface area contributed by atoms with Crippen molar-refractivity contribution in [2.45, 2.75) is 19.0 Å². The molecule has 0 radical (unpaired) electrons. The van der Waals surface area contributed by atoms with Gasteiger partial charge in [-0.3, -0.25) is 9.59 Å². The summed E-state index contributed by atoms with van der Waals surface area (Å²) in [6.45, 7) is 0. The topological polar surface area (TPSA) is 86.2 Å². The Balaban J connectivity index is 0.00000288. The summed E-state index contributed by atoms with van der Waals surface area (Å²) in [6.07, 6.45) is -0.117. The summed E-state index contributed by atoms with van der Waals surface area (Å²) in [6, 6.07) is 4.67. The maximum absolute atomic E-state index is 12.8. The summed E-state index contributed by atoms with van der Waals surface area (Å²) in [4.78, 5) is 23.2. The lowest BCUT2D eigenvalue weighted by Crippen LogP contribution is -2.40. The van der Waals surface area contributed by atoms with Gasteiger partial charge in [0.25, 0.3) is 0 Å². The highest BCUT2D eigenvalue weighted by Crippen LogP contribution is 2.36. The Hall–Kier alpha value is -2.28. The van der Waals surface area contributed by atoms with Crippen LogP contribution in [0.1, 0.15) is 17.5 Å². The van der Waals surface area contributed by atoms with Crippen molar-refractivity contribution in [1.82, 2.24) is 0 Å². The number of alkyl halides is 3. The largest absolute Gasteiger partial charge is 0.416 e. The monoisotopic (exact) mass is 360 g/mol. The molecule has 1 aliphatic carbocycles. The minimum absolute atomic E-state index is 0. The Morgan fingerprint density at radius 2 is 1.88 bits per heavy atom. The van der Waals surface area contributed by atoms with E-state index in [-0.39, 0.29) is 30.8 Å². The zero-order valence-corrected chi connectivity index (χ0v) is 13.3. The number of primary amides is 2. The van der Waals surface area contributed by atoms with Crippen LogP contribution in [0, 0.1) is 5.41 Å². The Morgan fingerprint density at radius 3 is 2.42 bits per heavy atom. The fourth-order valence-electron chi connectivity index (χ4n) is 2.58. The van der Waals surface area contributed by atoms with Gasteiger partial charge in [0.1, 0.15) is 0 Å². The van der Waals surface area contributed by atoms with Crippen molar-refractivity contribution in [2.75, 3.05) is 0 Å². The van der Waals surface area contributed by atoms with Crippen LogP contribution in [0.4, 0.5) is 13.2 Å². The van der Waals surface area contributed by atoms with E-state index in [2.05, 4.69) is 0 Å². The molecule has 4 nitrogen and oxygen atoms in total. The van der Waals surface area contributed by atoms with Gasteiger partial charge < -0.3 is 11.5 Å². The predicted molar refractivity (Wildman–Crippen MR) is 85.1 cm³/mol. The first-order chi connectivity index (χ1) is 10.6. The third-order valence-corrected chi connectivity index (χ3v) is 3.80. The summed E-state index contributed by atoms with van der Waals surface area (Å²) in [5, 5.41) is 0. The highest BCUT2D eigenvalue weighted by molar-refractivity contribution is 5.95. The first kappa shape index (κ1) is 19.8. The molecule has 0 spiro atoms. The fourth-order valence-corrected chi connectivity index (χ4v) is 2.58. The van der Waals surface area contributed by atoms with Crippen molar-refractivity contribution in [2.24, 2.45) is 16.9 Å². The quantitative estimate of drug-likeness (QED) is 0.864. The van der Waals surface area contributed by atoms with E-state index in [0.717, 1.165) is 12.1 Å². The van der Waals surface area contributed by atoms with Crippen LogP contribution in [-0.4, -0.2) is 11.8 Å². The van der Waals surface area contributed by atoms with Crippen molar-refractivity contribution in [3.63, 3.8) is 0 Å². The second kappa shape index (κ2) is 7.09. The molecule has 0 fully saturated rings. The molecule has 1 unspecified atom stereocenters. The van der Waals surface area contributed by atoms with Gasteiger partial charge in [0.05, 0.1) is 11.0 Å². The first-order valence-electron chi connectivity index (χ1n) is 6.78. The third-order valence-electron chi connectivity index (χ3n) is 3.80. The molecule has 4 N–H and O–H groups in total. The van der Waals surface area contributed by atoms with Crippen LogP contribution in [-0.2, 0) is 22.2 Å². The Bertz CT molecular complexity index is 714. The van der Waals surface area contributed by atoms with E-state index in [1.165, 1.54) is 30.4 Å². The maximum Gasteiger partial charge on any atom is 0.416 e. The van der Waals surface area contributed by atoms with Crippen molar-refractivity contribution in [3.05, 3.63) is 59.2 Å². The van der Waals surface area contributed by atoms with Crippen LogP contribution in [0.5, 0.6) is 0 Å². The highest BCUT2D eigenvalue weighted by Gasteiger charge is 2.38. The normalized spacial score (nSPS) is 20.0. The molecule has 24 heavy (non-hydrogen) atoms. The summed E-state index contributed by atoms with van der Waals surface area (Å²) >= 11 is 0. The number of benzene rings is 1. The molecule has 0 saturated heterocycles. The molecule has 0 aliphatic heterocycles. The Labute approximate surface area is 142 Å². The molecule has 2 rings (SSSR count). The average Bonchev–Trinajstić information content (AvgIpc) is 2.46. The summed E-state index contributed by atoms with van der Waals surface area (Å²) < 4.78 is 38.4. The van der Waals surface area contributed by atoms with Crippen molar-refractivity contribution in [3.8, 4) is 0 Å². The van der Waals surface area contributed by atoms with E-state index in [9.17, 15) is 22.8 Å². The van der Waals surface area contributed by atoms with Crippen LogP contribution >= 0.6 is 12.4 Å². The molecule has 1 aromatic rings. The minimum atomic E-state index is -4.48. The van der Waals surface area contributed by atoms with Crippen LogP contribution in [0.15, 0.2) is 48.1 Å². The standard InChI is InChI=1S/C16H15F3N2O2.ClH/c17-16(18,19)12-5-1-3-10(7-12)8-15(14(21)23)6-2-4-11(9-15)13(20)22;/h1-7H,8-9H2,(H2,20,22)(H2,21,23);1H. The van der Waals surface area contributed by atoms with Gasteiger partial charge in [-0.2, -0.15) is 13.2 Å². The number of allylic oxidation sites excluding steroid dienone is 2. The summed E-state index contributed by atoms with van der Waals surface area (Å²) in [7, 11) is 0. The number of rotatable bonds is 4. The van der Waals surface area contributed by atoms with Gasteiger partial charge in [-0.05, 0) is 24.5 Å². The van der Waals surface area contributed by atoms with Gasteiger partial charge in [0, 0.05) is 5.57 Å². The van der Waals surface area contributed by atoms with Crippen LogP contribution < -0.4 is 11.5 Å². The number of hydrogen-bond donors (Lipinski definition) is 2. The zero-order valence-electron chi connectivity index (χ0n) is 12.5. The SMILES string of the molecule is Cl.NC(=O)C1=CC=CC(Cc2cccc(C(F)(F)F)c2)(C(N)=O)C1. The Kier molecular flexibility index (Phi) is 5.84. The van der Waals surface area contributed by atoms with Crippen molar-refractivity contribution >= 4 is 24.2 Å². The molecule has 8 heteroatoms. The molecule has 0 aromatic heterocycles. The molecule has 1 aromatic carbocycles. The maximum atomic E-state index is 12.8. The average molecular weight is 361 g/mol. The van der Waals surface area contributed by atoms with Gasteiger partial charge in [0.2, 0.25) is 11.8 Å². The smallest absolute Gasteiger partial charge is 0.369 e. The van der Waals surface area contributed by atoms with E-state index in [1.54, 1.807) is 0 Å². The van der Waals surface area contributed by atoms with Gasteiger partial charge >= 0.3 is 6.18 Å². The molecule has 1 atom stereocenters. The number of nitrogens with two attached hydrogens (primary N) is 2. The summed E-state index contributed by atoms with van der Waals surface area (Å²) in [5.74, 6) is -1.41. The zero-order chi connectivity index (χ0) is 17.3. The number of carbonyl (C=O) groups is 2. The number of carbonyl (C=O) groups excluding carboxylic acids is 2. The molecule has 0 bridgehead atoms. The number of halogens is 4. The molecule has 0 heterocycles. The highest BCUT2D eigenvalue weighted by atomic mass is 35.5. The van der Waals surface area contributed by atoms with Gasteiger partial charge in [-0.15, -0.1) is 12.4 Å². The van der Waals surface area contributed by atoms with Gasteiger partial charge in [0.15, 0.2) is 0 Å².